The zero-order valence-corrected chi connectivity index (χ0v) is 10.7. The van der Waals surface area contributed by atoms with Crippen LogP contribution in [-0.4, -0.2) is 49.6 Å². The molecule has 5 heteroatoms. The Morgan fingerprint density at radius 3 is 2.83 bits per heavy atom. The molecule has 1 aromatic carbocycles. The SMILES string of the molecule is CN(C)CC1CN(C(=O)Nc2cccc(F)c2)C1. The van der Waals surface area contributed by atoms with Gasteiger partial charge in [-0.2, -0.15) is 0 Å². The average Bonchev–Trinajstić information content (AvgIpc) is 2.22. The summed E-state index contributed by atoms with van der Waals surface area (Å²) in [6.07, 6.45) is 0. The zero-order chi connectivity index (χ0) is 13.1. The Kier molecular flexibility index (Phi) is 3.81. The van der Waals surface area contributed by atoms with Gasteiger partial charge in [0, 0.05) is 31.2 Å². The molecule has 1 N–H and O–H groups in total. The average molecular weight is 251 g/mol. The van der Waals surface area contributed by atoms with Gasteiger partial charge in [0.25, 0.3) is 0 Å². The van der Waals surface area contributed by atoms with Crippen molar-refractivity contribution in [2.75, 3.05) is 39.0 Å². The number of carbonyl (C=O) groups excluding carboxylic acids is 1. The number of carbonyl (C=O) groups is 1. The van der Waals surface area contributed by atoms with Crippen LogP contribution in [0.3, 0.4) is 0 Å². The molecule has 1 aliphatic rings. The largest absolute Gasteiger partial charge is 0.324 e. The van der Waals surface area contributed by atoms with Crippen LogP contribution >= 0.6 is 0 Å². The summed E-state index contributed by atoms with van der Waals surface area (Å²) < 4.78 is 12.9. The van der Waals surface area contributed by atoms with E-state index in [9.17, 15) is 9.18 Å². The molecule has 0 radical (unpaired) electrons. The van der Waals surface area contributed by atoms with Gasteiger partial charge in [-0.15, -0.1) is 0 Å². The number of anilines is 1. The fourth-order valence-corrected chi connectivity index (χ4v) is 2.14. The van der Waals surface area contributed by atoms with Gasteiger partial charge in [-0.1, -0.05) is 6.07 Å². The molecule has 1 heterocycles. The molecule has 0 spiro atoms. The first-order valence-electron chi connectivity index (χ1n) is 6.01. The van der Waals surface area contributed by atoms with Crippen molar-refractivity contribution in [1.82, 2.24) is 9.80 Å². The smallest absolute Gasteiger partial charge is 0.321 e. The van der Waals surface area contributed by atoms with Crippen LogP contribution in [0.15, 0.2) is 24.3 Å². The van der Waals surface area contributed by atoms with Gasteiger partial charge in [0.2, 0.25) is 0 Å². The Labute approximate surface area is 106 Å². The molecule has 18 heavy (non-hydrogen) atoms. The predicted molar refractivity (Wildman–Crippen MR) is 69.0 cm³/mol. The van der Waals surface area contributed by atoms with E-state index in [1.165, 1.54) is 12.1 Å². The minimum absolute atomic E-state index is 0.157. The molecule has 0 atom stereocenters. The number of amides is 2. The van der Waals surface area contributed by atoms with E-state index < -0.39 is 0 Å². The summed E-state index contributed by atoms with van der Waals surface area (Å²) in [6, 6.07) is 5.77. The molecule has 0 aliphatic carbocycles. The number of hydrogen-bond acceptors (Lipinski definition) is 2. The van der Waals surface area contributed by atoms with Gasteiger partial charge in [-0.05, 0) is 32.3 Å². The fourth-order valence-electron chi connectivity index (χ4n) is 2.14. The molecular formula is C13H18FN3O. The van der Waals surface area contributed by atoms with Crippen LogP contribution in [0, 0.1) is 11.7 Å². The lowest BCUT2D eigenvalue weighted by Crippen LogP contribution is -2.54. The van der Waals surface area contributed by atoms with Crippen LogP contribution in [0.2, 0.25) is 0 Å². The number of benzene rings is 1. The second kappa shape index (κ2) is 5.35. The summed E-state index contributed by atoms with van der Waals surface area (Å²) in [5.74, 6) is 0.195. The Morgan fingerprint density at radius 1 is 1.50 bits per heavy atom. The molecule has 0 saturated carbocycles. The van der Waals surface area contributed by atoms with Crippen LogP contribution in [0.25, 0.3) is 0 Å². The van der Waals surface area contributed by atoms with Crippen LogP contribution in [0.5, 0.6) is 0 Å². The third-order valence-corrected chi connectivity index (χ3v) is 2.94. The second-order valence-electron chi connectivity index (χ2n) is 4.97. The lowest BCUT2D eigenvalue weighted by atomic mass is 10.0. The minimum Gasteiger partial charge on any atom is -0.324 e. The first kappa shape index (κ1) is 12.8. The second-order valence-corrected chi connectivity index (χ2v) is 4.97. The lowest BCUT2D eigenvalue weighted by molar-refractivity contribution is 0.111. The fraction of sp³-hybridized carbons (Fsp3) is 0.462. The van der Waals surface area contributed by atoms with Crippen LogP contribution in [0.1, 0.15) is 0 Å². The third kappa shape index (κ3) is 3.20. The predicted octanol–water partition coefficient (Wildman–Crippen LogP) is 1.85. The molecule has 1 fully saturated rings. The van der Waals surface area contributed by atoms with Crippen LogP contribution in [-0.2, 0) is 0 Å². The van der Waals surface area contributed by atoms with E-state index in [0.717, 1.165) is 19.6 Å². The van der Waals surface area contributed by atoms with Crippen molar-refractivity contribution in [1.29, 1.82) is 0 Å². The van der Waals surface area contributed by atoms with E-state index in [4.69, 9.17) is 0 Å². The van der Waals surface area contributed by atoms with E-state index in [1.807, 2.05) is 14.1 Å². The van der Waals surface area contributed by atoms with E-state index in [1.54, 1.807) is 17.0 Å². The van der Waals surface area contributed by atoms with Crippen molar-refractivity contribution in [2.45, 2.75) is 0 Å². The summed E-state index contributed by atoms with van der Waals surface area (Å²) >= 11 is 0. The highest BCUT2D eigenvalue weighted by atomic mass is 19.1. The molecular weight excluding hydrogens is 233 g/mol. The molecule has 0 bridgehead atoms. The molecule has 2 amide bonds. The maximum Gasteiger partial charge on any atom is 0.321 e. The lowest BCUT2D eigenvalue weighted by Gasteiger charge is -2.40. The van der Waals surface area contributed by atoms with Gasteiger partial charge in [-0.25, -0.2) is 9.18 Å². The molecule has 1 aliphatic heterocycles. The van der Waals surface area contributed by atoms with Crippen molar-refractivity contribution in [3.8, 4) is 0 Å². The monoisotopic (exact) mass is 251 g/mol. The topological polar surface area (TPSA) is 35.6 Å². The van der Waals surface area contributed by atoms with Crippen LogP contribution < -0.4 is 5.32 Å². The number of halogens is 1. The zero-order valence-electron chi connectivity index (χ0n) is 10.7. The Morgan fingerprint density at radius 2 is 2.22 bits per heavy atom. The molecule has 0 aromatic heterocycles. The van der Waals surface area contributed by atoms with Gasteiger partial charge >= 0.3 is 6.03 Å². The normalized spacial score (nSPS) is 15.7. The quantitative estimate of drug-likeness (QED) is 0.890. The van der Waals surface area contributed by atoms with Gasteiger partial charge in [0.05, 0.1) is 0 Å². The van der Waals surface area contributed by atoms with Crippen LogP contribution in [0.4, 0.5) is 14.9 Å². The van der Waals surface area contributed by atoms with E-state index in [0.29, 0.717) is 11.6 Å². The highest BCUT2D eigenvalue weighted by Gasteiger charge is 2.30. The summed E-state index contributed by atoms with van der Waals surface area (Å²) in [4.78, 5) is 15.7. The number of likely N-dealkylation sites (tertiary alicyclic amines) is 1. The van der Waals surface area contributed by atoms with Crippen molar-refractivity contribution in [2.24, 2.45) is 5.92 Å². The molecule has 98 valence electrons. The molecule has 0 unspecified atom stereocenters. The third-order valence-electron chi connectivity index (χ3n) is 2.94. The minimum atomic E-state index is -0.345. The number of nitrogens with one attached hydrogen (secondary N) is 1. The molecule has 1 aromatic rings. The number of nitrogens with zero attached hydrogens (tertiary/aromatic N) is 2. The number of urea groups is 1. The van der Waals surface area contributed by atoms with Gasteiger partial charge in [0.1, 0.15) is 5.82 Å². The summed E-state index contributed by atoms with van der Waals surface area (Å²) in [7, 11) is 4.05. The van der Waals surface area contributed by atoms with Gasteiger partial charge in [-0.3, -0.25) is 0 Å². The Bertz CT molecular complexity index is 430. The van der Waals surface area contributed by atoms with Crippen molar-refractivity contribution >= 4 is 11.7 Å². The first-order valence-corrected chi connectivity index (χ1v) is 6.01. The Hall–Kier alpha value is -1.62. The number of hydrogen-bond donors (Lipinski definition) is 1. The summed E-state index contributed by atoms with van der Waals surface area (Å²) in [6.45, 7) is 2.52. The summed E-state index contributed by atoms with van der Waals surface area (Å²) in [5, 5.41) is 2.69. The Balaban J connectivity index is 1.80. The van der Waals surface area contributed by atoms with Gasteiger partial charge < -0.3 is 15.1 Å². The standard InChI is InChI=1S/C13H18FN3O/c1-16(2)7-10-8-17(9-10)13(18)15-12-5-3-4-11(14)6-12/h3-6,10H,7-9H2,1-2H3,(H,15,18). The molecule has 2 rings (SSSR count). The maximum atomic E-state index is 12.9. The molecule has 1 saturated heterocycles. The van der Waals surface area contributed by atoms with Crippen molar-refractivity contribution in [3.63, 3.8) is 0 Å². The highest BCUT2D eigenvalue weighted by Crippen LogP contribution is 2.18. The number of rotatable bonds is 3. The van der Waals surface area contributed by atoms with E-state index >= 15 is 0 Å². The maximum absolute atomic E-state index is 12.9. The van der Waals surface area contributed by atoms with Crippen molar-refractivity contribution in [3.05, 3.63) is 30.1 Å². The summed E-state index contributed by atoms with van der Waals surface area (Å²) in [5.41, 5.74) is 0.496. The van der Waals surface area contributed by atoms with Gasteiger partial charge in [0.15, 0.2) is 0 Å². The van der Waals surface area contributed by atoms with E-state index in [2.05, 4.69) is 10.2 Å². The van der Waals surface area contributed by atoms with Crippen molar-refractivity contribution < 1.29 is 9.18 Å². The first-order chi connectivity index (χ1) is 8.54. The highest BCUT2D eigenvalue weighted by molar-refractivity contribution is 5.89. The van der Waals surface area contributed by atoms with E-state index in [-0.39, 0.29) is 11.8 Å². The molecule has 4 nitrogen and oxygen atoms in total.